The maximum absolute atomic E-state index is 13.2. The van der Waals surface area contributed by atoms with Gasteiger partial charge in [-0.2, -0.15) is 8.78 Å². The van der Waals surface area contributed by atoms with Crippen molar-refractivity contribution in [3.8, 4) is 0 Å². The van der Waals surface area contributed by atoms with Crippen molar-refractivity contribution in [1.29, 1.82) is 0 Å². The number of allylic oxidation sites excluding steroid dienone is 6. The zero-order valence-electron chi connectivity index (χ0n) is 18.7. The number of rotatable bonds is 11. The minimum absolute atomic E-state index is 0. The molecule has 12 heteroatoms. The largest absolute Gasteiger partial charge is 1.00 e. The van der Waals surface area contributed by atoms with Gasteiger partial charge in [0.25, 0.3) is 0 Å². The molecule has 0 fully saturated rings. The van der Waals surface area contributed by atoms with E-state index in [-0.39, 0.29) is 161 Å². The van der Waals surface area contributed by atoms with E-state index in [9.17, 15) is 32.6 Å². The summed E-state index contributed by atoms with van der Waals surface area (Å²) < 4.78 is 48.2. The Kier molecular flexibility index (Phi) is 27.2. The van der Waals surface area contributed by atoms with Crippen LogP contribution in [-0.4, -0.2) is 11.6 Å². The van der Waals surface area contributed by atoms with E-state index >= 15 is 0 Å². The summed E-state index contributed by atoms with van der Waals surface area (Å²) in [6.45, 7) is 7.84. The summed E-state index contributed by atoms with van der Waals surface area (Å²) in [4.78, 5) is 32.3. The molecule has 0 heterocycles. The average Bonchev–Trinajstić information content (AvgIpc) is 2.45. The van der Waals surface area contributed by atoms with Gasteiger partial charge in [-0.05, 0) is 66.0 Å². The normalized spacial score (nSPS) is 14.7. The van der Waals surface area contributed by atoms with E-state index in [1.807, 2.05) is 20.8 Å². The van der Waals surface area contributed by atoms with Crippen LogP contribution in [0.15, 0.2) is 34.9 Å². The molecular formula is C17H27F2K3O5P2. The third kappa shape index (κ3) is 17.4. The standard InChI is InChI=1S/C17H30F2O5P2.3K/c1-14(2)8-5-9-15(3)10-6-11-16(4)12-7-13-25(20,21)17(18,19)26(22,23)24;;;/h8,10,12H,5-7,9,11,13H2,1-4H3,(H,20,21)(H2,22,23,24);;;/q;3*+1/p-3/b15-10+,16-12+;;;. The van der Waals surface area contributed by atoms with Crippen LogP contribution in [0.2, 0.25) is 0 Å². The molecule has 0 saturated carbocycles. The molecular weight excluding hydrogens is 501 g/mol. The van der Waals surface area contributed by atoms with Gasteiger partial charge in [0.15, 0.2) is 0 Å². The van der Waals surface area contributed by atoms with E-state index < -0.39 is 26.5 Å². The minimum Gasteiger partial charge on any atom is -0.806 e. The van der Waals surface area contributed by atoms with Crippen molar-refractivity contribution in [2.75, 3.05) is 6.16 Å². The maximum Gasteiger partial charge on any atom is 1.00 e. The predicted molar refractivity (Wildman–Crippen MR) is 95.1 cm³/mol. The van der Waals surface area contributed by atoms with Gasteiger partial charge in [-0.25, -0.2) is 0 Å². The first kappa shape index (κ1) is 40.5. The Bertz CT molecular complexity index is 657. The SMILES string of the molecule is CC(C)=CCC/C(C)=C/CC/C(C)=C/CCP(=O)([O-])C(F)(F)P(=O)([O-])[O-].[K+].[K+].[K+]. The molecule has 0 aliphatic rings. The molecule has 0 radical (unpaired) electrons. The molecule has 1 unspecified atom stereocenters. The van der Waals surface area contributed by atoms with Gasteiger partial charge in [-0.1, -0.05) is 34.9 Å². The van der Waals surface area contributed by atoms with Crippen molar-refractivity contribution >= 4 is 15.0 Å². The summed E-state index contributed by atoms with van der Waals surface area (Å²) in [6.07, 6.45) is 7.69. The maximum atomic E-state index is 13.2. The van der Waals surface area contributed by atoms with E-state index in [1.54, 1.807) is 6.92 Å². The Morgan fingerprint density at radius 2 is 1.17 bits per heavy atom. The van der Waals surface area contributed by atoms with Crippen LogP contribution in [0, 0.1) is 0 Å². The molecule has 0 aliphatic carbocycles. The Balaban J connectivity index is -0.00000104. The average molecular weight is 529 g/mol. The molecule has 0 aromatic carbocycles. The van der Waals surface area contributed by atoms with Gasteiger partial charge >= 0.3 is 160 Å². The Morgan fingerprint density at radius 1 is 0.793 bits per heavy atom. The minimum atomic E-state index is -6.54. The molecule has 0 bridgehead atoms. The van der Waals surface area contributed by atoms with Crippen molar-refractivity contribution in [2.45, 2.75) is 65.2 Å². The Labute approximate surface area is 301 Å². The first-order chi connectivity index (χ1) is 11.7. The quantitative estimate of drug-likeness (QED) is 0.152. The number of halogens is 2. The predicted octanol–water partition coefficient (Wildman–Crippen LogP) is -5.09. The fraction of sp³-hybridized carbons (Fsp3) is 0.647. The molecule has 0 aromatic heterocycles. The van der Waals surface area contributed by atoms with Gasteiger partial charge < -0.3 is 23.8 Å². The topological polar surface area (TPSA) is 103 Å². The Hall–Kier alpha value is 4.33. The zero-order valence-corrected chi connectivity index (χ0v) is 29.8. The van der Waals surface area contributed by atoms with Gasteiger partial charge in [-0.15, -0.1) is 0 Å². The monoisotopic (exact) mass is 528 g/mol. The van der Waals surface area contributed by atoms with Crippen molar-refractivity contribution in [3.63, 3.8) is 0 Å². The van der Waals surface area contributed by atoms with Gasteiger partial charge in [0, 0.05) is 7.60 Å². The second-order valence-corrected chi connectivity index (χ2v) is 10.9. The second-order valence-electron chi connectivity index (χ2n) is 6.65. The van der Waals surface area contributed by atoms with Gasteiger partial charge in [0.1, 0.15) is 0 Å². The van der Waals surface area contributed by atoms with Gasteiger partial charge in [0.2, 0.25) is 0 Å². The molecule has 5 nitrogen and oxygen atoms in total. The van der Waals surface area contributed by atoms with Crippen LogP contribution in [0.3, 0.4) is 0 Å². The molecule has 0 spiro atoms. The second kappa shape index (κ2) is 19.5. The molecule has 1 atom stereocenters. The van der Waals surface area contributed by atoms with Gasteiger partial charge in [0.05, 0.1) is 7.37 Å². The van der Waals surface area contributed by atoms with E-state index in [2.05, 4.69) is 12.2 Å². The fourth-order valence-electron chi connectivity index (χ4n) is 2.14. The molecule has 0 N–H and O–H groups in total. The van der Waals surface area contributed by atoms with Crippen molar-refractivity contribution in [1.82, 2.24) is 0 Å². The molecule has 0 rings (SSSR count). The summed E-state index contributed by atoms with van der Waals surface area (Å²) in [6, 6.07) is 0. The van der Waals surface area contributed by atoms with E-state index in [4.69, 9.17) is 0 Å². The van der Waals surface area contributed by atoms with E-state index in [0.29, 0.717) is 6.42 Å². The number of alkyl halides is 2. The first-order valence-corrected chi connectivity index (χ1v) is 11.7. The van der Waals surface area contributed by atoms with E-state index in [0.717, 1.165) is 24.8 Å². The fourth-order valence-corrected chi connectivity index (χ4v) is 4.67. The molecule has 0 aliphatic heterocycles. The number of hydrogen-bond donors (Lipinski definition) is 0. The van der Waals surface area contributed by atoms with Crippen molar-refractivity contribution < 1.29 is 187 Å². The van der Waals surface area contributed by atoms with Gasteiger partial charge in [-0.3, -0.25) is 0 Å². The zero-order chi connectivity index (χ0) is 20.6. The van der Waals surface area contributed by atoms with Crippen LogP contribution in [-0.2, 0) is 9.13 Å². The van der Waals surface area contributed by atoms with Crippen LogP contribution in [0.5, 0.6) is 0 Å². The summed E-state index contributed by atoms with van der Waals surface area (Å²) >= 11 is 0. The summed E-state index contributed by atoms with van der Waals surface area (Å²) in [7, 11) is -12.2. The smallest absolute Gasteiger partial charge is 0.806 e. The first-order valence-electron chi connectivity index (χ1n) is 8.35. The molecule has 0 aromatic rings. The van der Waals surface area contributed by atoms with Crippen LogP contribution in [0.1, 0.15) is 59.8 Å². The van der Waals surface area contributed by atoms with Crippen LogP contribution >= 0.6 is 15.0 Å². The number of hydrogen-bond acceptors (Lipinski definition) is 5. The molecule has 29 heavy (non-hydrogen) atoms. The van der Waals surface area contributed by atoms with Crippen molar-refractivity contribution in [2.24, 2.45) is 0 Å². The van der Waals surface area contributed by atoms with Crippen LogP contribution in [0.4, 0.5) is 8.78 Å². The molecule has 152 valence electrons. The molecule has 0 amide bonds. The third-order valence-corrected chi connectivity index (χ3v) is 7.75. The summed E-state index contributed by atoms with van der Waals surface area (Å²) in [5.74, 6) is 0. The van der Waals surface area contributed by atoms with Crippen LogP contribution < -0.4 is 169 Å². The summed E-state index contributed by atoms with van der Waals surface area (Å²) in [5, 5.41) is -5.24. The third-order valence-electron chi connectivity index (χ3n) is 3.78. The summed E-state index contributed by atoms with van der Waals surface area (Å²) in [5.41, 5.74) is 3.32. The van der Waals surface area contributed by atoms with Crippen molar-refractivity contribution in [3.05, 3.63) is 34.9 Å². The van der Waals surface area contributed by atoms with Crippen LogP contribution in [0.25, 0.3) is 0 Å². The van der Waals surface area contributed by atoms with E-state index in [1.165, 1.54) is 17.2 Å². The Morgan fingerprint density at radius 3 is 1.55 bits per heavy atom. The molecule has 0 saturated heterocycles.